The van der Waals surface area contributed by atoms with E-state index in [1.807, 2.05) is 61.1 Å². The summed E-state index contributed by atoms with van der Waals surface area (Å²) in [6.45, 7) is 5.94. The van der Waals surface area contributed by atoms with E-state index in [-0.39, 0.29) is 24.9 Å². The maximum atomic E-state index is 14.5. The van der Waals surface area contributed by atoms with Crippen molar-refractivity contribution in [2.45, 2.75) is 46.1 Å². The SMILES string of the molecule is CCn1cc(-c2c3nc4c(cnn4c2N(Cc2ccccc2)Cc2ccccc2)C(=O)NCC(C)Oc2ncc(F)cc2CN3)cn1. The second-order valence-electron chi connectivity index (χ2n) is 11.5. The van der Waals surface area contributed by atoms with Gasteiger partial charge in [0.05, 0.1) is 30.7 Å². The number of ether oxygens (including phenoxy) is 1. The summed E-state index contributed by atoms with van der Waals surface area (Å²) in [7, 11) is 0. The number of aryl methyl sites for hydroxylation is 1. The molecule has 1 aliphatic heterocycles. The number of hydrogen-bond acceptors (Lipinski definition) is 8. The Kier molecular flexibility index (Phi) is 8.22. The molecule has 2 N–H and O–H groups in total. The molecule has 0 spiro atoms. The molecule has 0 saturated carbocycles. The topological polar surface area (TPSA) is 115 Å². The van der Waals surface area contributed by atoms with Crippen LogP contribution in [0.5, 0.6) is 5.88 Å². The van der Waals surface area contributed by atoms with Crippen molar-refractivity contribution in [2.75, 3.05) is 16.8 Å². The number of hydrogen-bond donors (Lipinski definition) is 2. The Labute approximate surface area is 271 Å². The van der Waals surface area contributed by atoms with Crippen LogP contribution in [-0.4, -0.2) is 47.9 Å². The molecular formula is C35H34FN9O2. The van der Waals surface area contributed by atoms with Gasteiger partial charge >= 0.3 is 0 Å². The average Bonchev–Trinajstić information content (AvgIpc) is 3.74. The van der Waals surface area contributed by atoms with Gasteiger partial charge in [0.2, 0.25) is 5.88 Å². The monoisotopic (exact) mass is 631 g/mol. The van der Waals surface area contributed by atoms with Gasteiger partial charge in [0, 0.05) is 43.5 Å². The molecule has 6 aromatic rings. The van der Waals surface area contributed by atoms with Crippen LogP contribution in [0.1, 0.15) is 40.9 Å². The zero-order valence-electron chi connectivity index (χ0n) is 26.1. The molecule has 0 aliphatic carbocycles. The largest absolute Gasteiger partial charge is 0.473 e. The number of nitrogens with one attached hydrogen (secondary N) is 2. The number of pyridine rings is 1. The van der Waals surface area contributed by atoms with Gasteiger partial charge in [0.15, 0.2) is 5.65 Å². The number of anilines is 2. The summed E-state index contributed by atoms with van der Waals surface area (Å²) in [6, 6.07) is 21.8. The molecule has 11 nitrogen and oxygen atoms in total. The Hall–Kier alpha value is -5.78. The van der Waals surface area contributed by atoms with Crippen molar-refractivity contribution in [3.8, 4) is 17.0 Å². The lowest BCUT2D eigenvalue weighted by atomic mass is 10.1. The van der Waals surface area contributed by atoms with Crippen molar-refractivity contribution in [3.05, 3.63) is 120 Å². The number of rotatable bonds is 7. The first kappa shape index (κ1) is 29.9. The molecule has 0 radical (unpaired) electrons. The predicted octanol–water partition coefficient (Wildman–Crippen LogP) is 5.48. The molecule has 1 unspecified atom stereocenters. The van der Waals surface area contributed by atoms with E-state index >= 15 is 0 Å². The van der Waals surface area contributed by atoms with Crippen molar-refractivity contribution in [3.63, 3.8) is 0 Å². The molecule has 47 heavy (non-hydrogen) atoms. The smallest absolute Gasteiger partial charge is 0.256 e. The van der Waals surface area contributed by atoms with Gasteiger partial charge in [-0.1, -0.05) is 60.7 Å². The van der Waals surface area contributed by atoms with Gasteiger partial charge in [-0.15, -0.1) is 0 Å². The first-order valence-corrected chi connectivity index (χ1v) is 15.6. The van der Waals surface area contributed by atoms with E-state index in [9.17, 15) is 9.18 Å². The van der Waals surface area contributed by atoms with Crippen molar-refractivity contribution in [2.24, 2.45) is 0 Å². The molecular weight excluding hydrogens is 597 g/mol. The summed E-state index contributed by atoms with van der Waals surface area (Å²) < 4.78 is 24.1. The Morgan fingerprint density at radius 2 is 1.70 bits per heavy atom. The molecule has 1 amide bonds. The van der Waals surface area contributed by atoms with Gasteiger partial charge in [-0.05, 0) is 31.0 Å². The van der Waals surface area contributed by atoms with Gasteiger partial charge in [0.25, 0.3) is 5.91 Å². The molecule has 7 rings (SSSR count). The number of aromatic nitrogens is 6. The van der Waals surface area contributed by atoms with Crippen molar-refractivity contribution in [1.82, 2.24) is 34.7 Å². The van der Waals surface area contributed by atoms with Crippen LogP contribution in [0.25, 0.3) is 16.8 Å². The fourth-order valence-electron chi connectivity index (χ4n) is 5.75. The summed E-state index contributed by atoms with van der Waals surface area (Å²) in [5, 5.41) is 15.8. The van der Waals surface area contributed by atoms with Crippen LogP contribution in [0.3, 0.4) is 0 Å². The van der Waals surface area contributed by atoms with E-state index in [2.05, 4.69) is 49.9 Å². The summed E-state index contributed by atoms with van der Waals surface area (Å²) in [6.07, 6.45) is 6.00. The molecule has 238 valence electrons. The summed E-state index contributed by atoms with van der Waals surface area (Å²) in [5.41, 5.74) is 4.93. The van der Waals surface area contributed by atoms with E-state index in [0.717, 1.165) is 34.3 Å². The lowest BCUT2D eigenvalue weighted by Gasteiger charge is -2.29. The van der Waals surface area contributed by atoms with Crippen LogP contribution >= 0.6 is 0 Å². The minimum absolute atomic E-state index is 0.159. The van der Waals surface area contributed by atoms with E-state index in [0.29, 0.717) is 42.2 Å². The fourth-order valence-corrected chi connectivity index (χ4v) is 5.75. The molecule has 2 aromatic carbocycles. The van der Waals surface area contributed by atoms with Gasteiger partial charge in [-0.2, -0.15) is 14.7 Å². The Morgan fingerprint density at radius 3 is 2.38 bits per heavy atom. The lowest BCUT2D eigenvalue weighted by Crippen LogP contribution is -2.34. The van der Waals surface area contributed by atoms with Crippen molar-refractivity contribution in [1.29, 1.82) is 0 Å². The standard InChI is InChI=1S/C35H34FN9O2/c1-3-44-22-27(17-40-44)30-31-37-16-26-14-28(36)18-39-34(26)47-23(2)15-38-33(46)29-19-41-45(32(29)42-31)35(30)43(20-24-10-6-4-7-11-24)21-25-12-8-5-9-13-25/h4-14,17-19,22-23H,3,15-16,20-21H2,1-2H3,(H,37,42)(H,38,46). The first-order valence-electron chi connectivity index (χ1n) is 15.6. The highest BCUT2D eigenvalue weighted by Crippen LogP contribution is 2.39. The Morgan fingerprint density at radius 1 is 0.979 bits per heavy atom. The Bertz CT molecular complexity index is 1990. The number of carbonyl (C=O) groups excluding carboxylic acids is 1. The van der Waals surface area contributed by atoms with Crippen LogP contribution in [0.2, 0.25) is 0 Å². The van der Waals surface area contributed by atoms with Crippen LogP contribution in [0, 0.1) is 5.82 Å². The maximum Gasteiger partial charge on any atom is 0.256 e. The van der Waals surface area contributed by atoms with Crippen molar-refractivity contribution < 1.29 is 13.9 Å². The number of benzene rings is 2. The molecule has 12 heteroatoms. The van der Waals surface area contributed by atoms with E-state index in [1.54, 1.807) is 16.9 Å². The summed E-state index contributed by atoms with van der Waals surface area (Å²) >= 11 is 0. The lowest BCUT2D eigenvalue weighted by molar-refractivity contribution is 0.0932. The summed E-state index contributed by atoms with van der Waals surface area (Å²) in [4.78, 5) is 25.1. The third kappa shape index (κ3) is 6.22. The highest BCUT2D eigenvalue weighted by atomic mass is 19.1. The molecule has 2 bridgehead atoms. The van der Waals surface area contributed by atoms with Gasteiger partial charge in [-0.25, -0.2) is 14.4 Å². The van der Waals surface area contributed by atoms with E-state index in [1.165, 1.54) is 6.07 Å². The Balaban J connectivity index is 1.49. The fraction of sp³-hybridized carbons (Fsp3) is 0.229. The number of halogens is 1. The average molecular weight is 632 g/mol. The van der Waals surface area contributed by atoms with E-state index < -0.39 is 11.9 Å². The molecule has 0 saturated heterocycles. The molecule has 5 heterocycles. The number of fused-ring (bicyclic) bond motifs is 2. The van der Waals surface area contributed by atoms with Crippen LogP contribution in [0.15, 0.2) is 91.5 Å². The van der Waals surface area contributed by atoms with Crippen molar-refractivity contribution >= 4 is 23.2 Å². The summed E-state index contributed by atoms with van der Waals surface area (Å²) in [5.74, 6) is 0.654. The first-order chi connectivity index (χ1) is 23.0. The second-order valence-corrected chi connectivity index (χ2v) is 11.5. The zero-order chi connectivity index (χ0) is 32.3. The predicted molar refractivity (Wildman–Crippen MR) is 177 cm³/mol. The van der Waals surface area contributed by atoms with Crippen LogP contribution in [0.4, 0.5) is 16.0 Å². The third-order valence-electron chi connectivity index (χ3n) is 8.05. The molecule has 0 fully saturated rings. The van der Waals surface area contributed by atoms with Gasteiger partial charge < -0.3 is 20.3 Å². The number of carbonyl (C=O) groups is 1. The van der Waals surface area contributed by atoms with Crippen LogP contribution in [-0.2, 0) is 26.2 Å². The molecule has 1 atom stereocenters. The number of nitrogens with zero attached hydrogens (tertiary/aromatic N) is 7. The van der Waals surface area contributed by atoms with Gasteiger partial charge in [-0.3, -0.25) is 9.48 Å². The quantitative estimate of drug-likeness (QED) is 0.238. The second kappa shape index (κ2) is 12.9. The van der Waals surface area contributed by atoms with Gasteiger partial charge in [0.1, 0.15) is 29.1 Å². The number of amides is 1. The molecule has 4 aromatic heterocycles. The third-order valence-corrected chi connectivity index (χ3v) is 8.05. The van der Waals surface area contributed by atoms with E-state index in [4.69, 9.17) is 14.8 Å². The minimum Gasteiger partial charge on any atom is -0.473 e. The zero-order valence-corrected chi connectivity index (χ0v) is 26.1. The molecule has 1 aliphatic rings. The minimum atomic E-state index is -0.483. The highest BCUT2D eigenvalue weighted by molar-refractivity contribution is 6.01. The normalized spacial score (nSPS) is 14.7. The van der Waals surface area contributed by atoms with Crippen LogP contribution < -0.4 is 20.3 Å². The highest BCUT2D eigenvalue weighted by Gasteiger charge is 2.28. The maximum absolute atomic E-state index is 14.5.